The van der Waals surface area contributed by atoms with Crippen molar-refractivity contribution in [2.45, 2.75) is 36.5 Å². The maximum absolute atomic E-state index is 12.2. The molecule has 2 aromatic rings. The van der Waals surface area contributed by atoms with Gasteiger partial charge in [-0.25, -0.2) is 13.6 Å². The maximum atomic E-state index is 12.2. The monoisotopic (exact) mass is 413 g/mol. The van der Waals surface area contributed by atoms with E-state index in [9.17, 15) is 13.2 Å². The molecule has 0 radical (unpaired) electrons. The lowest BCUT2D eigenvalue weighted by Gasteiger charge is -2.24. The third-order valence-electron chi connectivity index (χ3n) is 5.23. The number of sulfonamides is 1. The van der Waals surface area contributed by atoms with Crippen molar-refractivity contribution >= 4 is 27.2 Å². The molecule has 0 heterocycles. The van der Waals surface area contributed by atoms with Gasteiger partial charge in [-0.15, -0.1) is 0 Å². The Bertz CT molecular complexity index is 995. The van der Waals surface area contributed by atoms with Crippen LogP contribution >= 0.6 is 0 Å². The number of benzene rings is 2. The van der Waals surface area contributed by atoms with Gasteiger partial charge in [-0.2, -0.15) is 0 Å². The van der Waals surface area contributed by atoms with E-state index in [1.165, 1.54) is 17.7 Å². The fraction of sp³-hybridized carbons (Fsp3) is 0.364. The van der Waals surface area contributed by atoms with Gasteiger partial charge in [0, 0.05) is 44.9 Å². The first-order chi connectivity index (χ1) is 13.7. The third kappa shape index (κ3) is 5.74. The number of nitrogens with two attached hydrogens (primary N) is 1. The van der Waals surface area contributed by atoms with E-state index in [1.54, 1.807) is 12.1 Å². The molecule has 1 fully saturated rings. The Morgan fingerprint density at radius 3 is 2.28 bits per heavy atom. The Labute approximate surface area is 172 Å². The number of aliphatic imine (C=N–C) groups is 1. The van der Waals surface area contributed by atoms with Gasteiger partial charge in [0.2, 0.25) is 10.0 Å². The molecule has 1 aliphatic carbocycles. The van der Waals surface area contributed by atoms with Crippen LogP contribution < -0.4 is 10.0 Å². The molecule has 29 heavy (non-hydrogen) atoms. The van der Waals surface area contributed by atoms with Gasteiger partial charge in [-0.1, -0.05) is 24.3 Å². The molecule has 7 heteroatoms. The Balaban J connectivity index is 1.62. The van der Waals surface area contributed by atoms with E-state index in [-0.39, 0.29) is 16.6 Å². The highest BCUT2D eigenvalue weighted by atomic mass is 32.2. The van der Waals surface area contributed by atoms with Gasteiger partial charge >= 0.3 is 0 Å². The molecule has 2 aromatic carbocycles. The van der Waals surface area contributed by atoms with Crippen molar-refractivity contribution in [2.24, 2.45) is 10.1 Å². The van der Waals surface area contributed by atoms with E-state index in [1.807, 2.05) is 14.1 Å². The fourth-order valence-electron chi connectivity index (χ4n) is 3.59. The highest BCUT2D eigenvalue weighted by molar-refractivity contribution is 7.89. The van der Waals surface area contributed by atoms with Crippen molar-refractivity contribution < 1.29 is 13.2 Å². The van der Waals surface area contributed by atoms with E-state index < -0.39 is 10.0 Å². The Hall–Kier alpha value is -2.51. The van der Waals surface area contributed by atoms with Crippen LogP contribution in [0.4, 0.5) is 5.69 Å². The SMILES string of the molecule is CN(C)c1ccc([C@@H]2CC(=O)CC(=NCCc3ccc(S(N)(=O)=O)cc3)C2)cc1. The number of nitrogens with zero attached hydrogens (tertiary/aromatic N) is 2. The zero-order chi connectivity index (χ0) is 21.0. The van der Waals surface area contributed by atoms with Gasteiger partial charge in [0.05, 0.1) is 4.90 Å². The molecular weight excluding hydrogens is 386 g/mol. The van der Waals surface area contributed by atoms with Gasteiger partial charge in [0.25, 0.3) is 0 Å². The zero-order valence-electron chi connectivity index (χ0n) is 16.8. The van der Waals surface area contributed by atoms with Crippen molar-refractivity contribution in [3.05, 3.63) is 59.7 Å². The van der Waals surface area contributed by atoms with Crippen LogP contribution in [0.25, 0.3) is 0 Å². The fourth-order valence-corrected chi connectivity index (χ4v) is 4.11. The Kier molecular flexibility index (Phi) is 6.49. The van der Waals surface area contributed by atoms with E-state index in [0.29, 0.717) is 25.8 Å². The van der Waals surface area contributed by atoms with E-state index in [2.05, 4.69) is 34.2 Å². The van der Waals surface area contributed by atoms with Crippen LogP contribution in [-0.2, 0) is 21.2 Å². The van der Waals surface area contributed by atoms with Crippen LogP contribution in [0, 0.1) is 0 Å². The minimum atomic E-state index is -3.67. The topological polar surface area (TPSA) is 92.8 Å². The summed E-state index contributed by atoms with van der Waals surface area (Å²) in [7, 11) is 0.342. The third-order valence-corrected chi connectivity index (χ3v) is 6.16. The lowest BCUT2D eigenvalue weighted by Crippen LogP contribution is -2.22. The minimum Gasteiger partial charge on any atom is -0.378 e. The van der Waals surface area contributed by atoms with Gasteiger partial charge in [-0.05, 0) is 54.2 Å². The van der Waals surface area contributed by atoms with Crippen LogP contribution in [0.3, 0.4) is 0 Å². The standard InChI is InChI=1S/C22H27N3O3S/c1-25(2)20-7-5-17(6-8-20)18-13-19(15-21(26)14-18)24-12-11-16-3-9-22(10-4-16)29(23,27)28/h3-10,18H,11-15H2,1-2H3,(H2,23,27,28)/t18-/m0/s1. The van der Waals surface area contributed by atoms with Crippen molar-refractivity contribution in [1.82, 2.24) is 0 Å². The molecule has 3 rings (SSSR count). The average molecular weight is 414 g/mol. The Morgan fingerprint density at radius 1 is 1.03 bits per heavy atom. The molecule has 0 bridgehead atoms. The second kappa shape index (κ2) is 8.88. The van der Waals surface area contributed by atoms with Crippen molar-refractivity contribution in [2.75, 3.05) is 25.5 Å². The van der Waals surface area contributed by atoms with E-state index in [4.69, 9.17) is 5.14 Å². The first kappa shape index (κ1) is 21.2. The van der Waals surface area contributed by atoms with Crippen LogP contribution in [0.1, 0.15) is 36.3 Å². The summed E-state index contributed by atoms with van der Waals surface area (Å²) < 4.78 is 22.6. The highest BCUT2D eigenvalue weighted by Gasteiger charge is 2.25. The average Bonchev–Trinajstić information content (AvgIpc) is 2.67. The molecule has 1 aliphatic rings. The minimum absolute atomic E-state index is 0.105. The van der Waals surface area contributed by atoms with Crippen LogP contribution in [0.15, 0.2) is 58.4 Å². The summed E-state index contributed by atoms with van der Waals surface area (Å²) in [4.78, 5) is 19.1. The number of hydrogen-bond acceptors (Lipinski definition) is 5. The molecule has 154 valence electrons. The number of ketones is 1. The predicted octanol–water partition coefficient (Wildman–Crippen LogP) is 2.92. The molecular formula is C22H27N3O3S. The molecule has 0 spiro atoms. The second-order valence-electron chi connectivity index (χ2n) is 7.69. The number of rotatable bonds is 6. The predicted molar refractivity (Wildman–Crippen MR) is 116 cm³/mol. The number of hydrogen-bond donors (Lipinski definition) is 1. The number of anilines is 1. The molecule has 1 atom stereocenters. The normalized spacial score (nSPS) is 18.8. The largest absolute Gasteiger partial charge is 0.378 e. The van der Waals surface area contributed by atoms with Crippen molar-refractivity contribution in [3.63, 3.8) is 0 Å². The number of carbonyl (C=O) groups is 1. The van der Waals surface area contributed by atoms with Crippen molar-refractivity contribution in [3.8, 4) is 0 Å². The molecule has 1 saturated carbocycles. The number of carbonyl (C=O) groups excluding carboxylic acids is 1. The van der Waals surface area contributed by atoms with Crippen LogP contribution in [0.2, 0.25) is 0 Å². The lowest BCUT2D eigenvalue weighted by molar-refractivity contribution is -0.118. The molecule has 0 amide bonds. The molecule has 0 aromatic heterocycles. The maximum Gasteiger partial charge on any atom is 0.238 e. The Morgan fingerprint density at radius 2 is 1.69 bits per heavy atom. The van der Waals surface area contributed by atoms with Crippen LogP contribution in [0.5, 0.6) is 0 Å². The summed E-state index contributed by atoms with van der Waals surface area (Å²) >= 11 is 0. The summed E-state index contributed by atoms with van der Waals surface area (Å²) in [6.45, 7) is 0.573. The summed E-state index contributed by atoms with van der Waals surface area (Å²) in [6.07, 6.45) is 2.48. The molecule has 0 aliphatic heterocycles. The van der Waals surface area contributed by atoms with Crippen LogP contribution in [-0.4, -0.2) is 40.6 Å². The summed E-state index contributed by atoms with van der Waals surface area (Å²) in [5, 5.41) is 5.12. The zero-order valence-corrected chi connectivity index (χ0v) is 17.7. The molecule has 0 saturated heterocycles. The number of primary sulfonamides is 1. The smallest absolute Gasteiger partial charge is 0.238 e. The van der Waals surface area contributed by atoms with Gasteiger partial charge in [0.1, 0.15) is 5.78 Å². The number of Topliss-reactive ketones (excluding diaryl/α,β-unsaturated/α-hetero) is 1. The molecule has 2 N–H and O–H groups in total. The second-order valence-corrected chi connectivity index (χ2v) is 9.25. The van der Waals surface area contributed by atoms with Crippen molar-refractivity contribution in [1.29, 1.82) is 0 Å². The van der Waals surface area contributed by atoms with Gasteiger partial charge < -0.3 is 4.90 Å². The lowest BCUT2D eigenvalue weighted by atomic mass is 9.82. The van der Waals surface area contributed by atoms with Gasteiger partial charge in [0.15, 0.2) is 0 Å². The first-order valence-electron chi connectivity index (χ1n) is 9.65. The molecule has 0 unspecified atom stereocenters. The van der Waals surface area contributed by atoms with E-state index >= 15 is 0 Å². The summed E-state index contributed by atoms with van der Waals surface area (Å²) in [6, 6.07) is 14.9. The molecule has 6 nitrogen and oxygen atoms in total. The summed E-state index contributed by atoms with van der Waals surface area (Å²) in [5.41, 5.74) is 4.25. The first-order valence-corrected chi connectivity index (χ1v) is 11.2. The quantitative estimate of drug-likeness (QED) is 0.788. The van der Waals surface area contributed by atoms with E-state index in [0.717, 1.165) is 23.4 Å². The summed E-state index contributed by atoms with van der Waals surface area (Å²) in [5.74, 6) is 0.412. The highest BCUT2D eigenvalue weighted by Crippen LogP contribution is 2.31. The van der Waals surface area contributed by atoms with Gasteiger partial charge in [-0.3, -0.25) is 9.79 Å².